The topological polar surface area (TPSA) is 25.2 Å². The summed E-state index contributed by atoms with van der Waals surface area (Å²) < 4.78 is 5.47. The summed E-state index contributed by atoms with van der Waals surface area (Å²) >= 11 is 18.1. The summed E-state index contributed by atoms with van der Waals surface area (Å²) in [6.45, 7) is 2.86. The number of nitrogens with one attached hydrogen (secondary N) is 1. The maximum absolute atomic E-state index is 6.21. The smallest absolute Gasteiger partial charge is 0.193 e. The Balaban J connectivity index is 2.23. The Bertz CT molecular complexity index is 553. The molecule has 0 aliphatic carbocycles. The molecular formula is C14H14Cl3NO. The van der Waals surface area contributed by atoms with E-state index in [1.807, 2.05) is 25.1 Å². The van der Waals surface area contributed by atoms with Crippen molar-refractivity contribution in [2.75, 3.05) is 6.54 Å². The maximum atomic E-state index is 6.21. The van der Waals surface area contributed by atoms with Gasteiger partial charge in [0.05, 0.1) is 16.1 Å². The second-order valence-corrected chi connectivity index (χ2v) is 5.33. The molecule has 0 saturated carbocycles. The average molecular weight is 319 g/mol. The highest BCUT2D eigenvalue weighted by molar-refractivity contribution is 6.42. The minimum Gasteiger partial charge on any atom is -0.448 e. The van der Waals surface area contributed by atoms with Crippen molar-refractivity contribution in [2.24, 2.45) is 0 Å². The molecule has 0 bridgehead atoms. The zero-order valence-corrected chi connectivity index (χ0v) is 12.7. The summed E-state index contributed by atoms with van der Waals surface area (Å²) in [6.07, 6.45) is 0.692. The molecule has 1 aromatic heterocycles. The third-order valence-electron chi connectivity index (χ3n) is 2.84. The molecule has 5 heteroatoms. The first-order chi connectivity index (χ1) is 9.11. The minimum absolute atomic E-state index is 0.0217. The number of halogens is 3. The predicted molar refractivity (Wildman–Crippen MR) is 80.3 cm³/mol. The lowest BCUT2D eigenvalue weighted by Crippen LogP contribution is -2.22. The van der Waals surface area contributed by atoms with Gasteiger partial charge in [-0.15, -0.1) is 0 Å². The van der Waals surface area contributed by atoms with E-state index in [4.69, 9.17) is 39.2 Å². The van der Waals surface area contributed by atoms with Gasteiger partial charge in [0.15, 0.2) is 5.22 Å². The van der Waals surface area contributed by atoms with E-state index in [0.717, 1.165) is 17.9 Å². The molecule has 1 aromatic carbocycles. The maximum Gasteiger partial charge on any atom is 0.193 e. The fourth-order valence-electron chi connectivity index (χ4n) is 1.96. The van der Waals surface area contributed by atoms with Crippen molar-refractivity contribution >= 4 is 34.8 Å². The number of furan rings is 1. The summed E-state index contributed by atoms with van der Waals surface area (Å²) in [5.74, 6) is 0.794. The Morgan fingerprint density at radius 1 is 1.16 bits per heavy atom. The van der Waals surface area contributed by atoms with Crippen molar-refractivity contribution in [3.8, 4) is 0 Å². The predicted octanol–water partition coefficient (Wildman–Crippen LogP) is 5.13. The van der Waals surface area contributed by atoms with E-state index in [2.05, 4.69) is 5.32 Å². The molecule has 0 saturated heterocycles. The van der Waals surface area contributed by atoms with Crippen molar-refractivity contribution in [3.63, 3.8) is 0 Å². The van der Waals surface area contributed by atoms with Crippen LogP contribution in [0.3, 0.4) is 0 Å². The molecule has 0 aliphatic rings. The van der Waals surface area contributed by atoms with Gasteiger partial charge in [0.1, 0.15) is 5.76 Å². The average Bonchev–Trinajstić information content (AvgIpc) is 2.81. The molecule has 102 valence electrons. The molecular weight excluding hydrogens is 305 g/mol. The Labute approximate surface area is 127 Å². The molecule has 1 heterocycles. The van der Waals surface area contributed by atoms with Crippen LogP contribution < -0.4 is 5.32 Å². The lowest BCUT2D eigenvalue weighted by Gasteiger charge is -2.16. The van der Waals surface area contributed by atoms with Gasteiger partial charge < -0.3 is 9.73 Å². The monoisotopic (exact) mass is 317 g/mol. The molecule has 2 rings (SSSR count). The van der Waals surface area contributed by atoms with Crippen LogP contribution in [0, 0.1) is 0 Å². The first-order valence-corrected chi connectivity index (χ1v) is 7.16. The van der Waals surface area contributed by atoms with E-state index in [9.17, 15) is 0 Å². The molecule has 19 heavy (non-hydrogen) atoms. The second kappa shape index (κ2) is 6.67. The summed E-state index contributed by atoms with van der Waals surface area (Å²) in [4.78, 5) is 0. The van der Waals surface area contributed by atoms with Crippen LogP contribution in [-0.2, 0) is 6.42 Å². The summed E-state index contributed by atoms with van der Waals surface area (Å²) in [7, 11) is 0. The highest BCUT2D eigenvalue weighted by atomic mass is 35.5. The lowest BCUT2D eigenvalue weighted by molar-refractivity contribution is 0.417. The summed E-state index contributed by atoms with van der Waals surface area (Å²) in [5, 5.41) is 4.89. The number of hydrogen-bond donors (Lipinski definition) is 1. The van der Waals surface area contributed by atoms with Gasteiger partial charge in [-0.1, -0.05) is 42.3 Å². The van der Waals surface area contributed by atoms with Crippen LogP contribution in [-0.4, -0.2) is 6.54 Å². The van der Waals surface area contributed by atoms with E-state index >= 15 is 0 Å². The molecule has 2 aromatic rings. The van der Waals surface area contributed by atoms with Gasteiger partial charge in [-0.05, 0) is 48.3 Å². The second-order valence-electron chi connectivity index (χ2n) is 4.17. The third-order valence-corrected chi connectivity index (χ3v) is 3.90. The fraction of sp³-hybridized carbons (Fsp3) is 0.286. The Hall–Kier alpha value is -0.670. The van der Waals surface area contributed by atoms with Gasteiger partial charge in [-0.25, -0.2) is 0 Å². The molecule has 0 radical (unpaired) electrons. The van der Waals surface area contributed by atoms with Crippen molar-refractivity contribution in [1.29, 1.82) is 0 Å². The van der Waals surface area contributed by atoms with Gasteiger partial charge in [-0.2, -0.15) is 0 Å². The molecule has 0 aliphatic heterocycles. The van der Waals surface area contributed by atoms with Gasteiger partial charge in [0, 0.05) is 0 Å². The molecule has 0 fully saturated rings. The van der Waals surface area contributed by atoms with E-state index in [1.165, 1.54) is 0 Å². The van der Waals surface area contributed by atoms with Crippen LogP contribution >= 0.6 is 34.8 Å². The van der Waals surface area contributed by atoms with E-state index in [0.29, 0.717) is 21.7 Å². The Kier molecular flexibility index (Phi) is 5.17. The highest BCUT2D eigenvalue weighted by Crippen LogP contribution is 2.30. The van der Waals surface area contributed by atoms with Crippen LogP contribution in [0.15, 0.2) is 34.7 Å². The minimum atomic E-state index is 0.0217. The molecule has 1 N–H and O–H groups in total. The van der Waals surface area contributed by atoms with Crippen molar-refractivity contribution in [2.45, 2.75) is 19.4 Å². The molecule has 0 spiro atoms. The molecule has 2 nitrogen and oxygen atoms in total. The van der Waals surface area contributed by atoms with Crippen LogP contribution in [0.1, 0.15) is 24.3 Å². The Morgan fingerprint density at radius 2 is 1.95 bits per heavy atom. The van der Waals surface area contributed by atoms with Crippen LogP contribution in [0.5, 0.6) is 0 Å². The molecule has 0 amide bonds. The van der Waals surface area contributed by atoms with Crippen LogP contribution in [0.4, 0.5) is 0 Å². The fourth-order valence-corrected chi connectivity index (χ4v) is 2.51. The van der Waals surface area contributed by atoms with Crippen LogP contribution in [0.25, 0.3) is 0 Å². The number of benzene rings is 1. The largest absolute Gasteiger partial charge is 0.448 e. The van der Waals surface area contributed by atoms with Gasteiger partial charge in [0.25, 0.3) is 0 Å². The standard InChI is InChI=1S/C14H14Cl3NO/c1-2-18-11(12-6-7-13(16)19-12)8-9-4-3-5-10(15)14(9)17/h3-7,11,18H,2,8H2,1H3. The molecule has 1 atom stereocenters. The zero-order valence-electron chi connectivity index (χ0n) is 10.4. The third kappa shape index (κ3) is 3.67. The van der Waals surface area contributed by atoms with Gasteiger partial charge in [0.2, 0.25) is 0 Å². The van der Waals surface area contributed by atoms with Gasteiger partial charge in [-0.3, -0.25) is 0 Å². The zero-order chi connectivity index (χ0) is 13.8. The Morgan fingerprint density at radius 3 is 2.58 bits per heavy atom. The number of likely N-dealkylation sites (N-methyl/N-ethyl adjacent to an activating group) is 1. The normalized spacial score (nSPS) is 12.6. The van der Waals surface area contributed by atoms with Gasteiger partial charge >= 0.3 is 0 Å². The SMILES string of the molecule is CCNC(Cc1cccc(Cl)c1Cl)c1ccc(Cl)o1. The summed E-state index contributed by atoms with van der Waals surface area (Å²) in [5.41, 5.74) is 0.979. The van der Waals surface area contributed by atoms with Crippen LogP contribution in [0.2, 0.25) is 15.3 Å². The van der Waals surface area contributed by atoms with Crippen molar-refractivity contribution in [3.05, 3.63) is 56.9 Å². The highest BCUT2D eigenvalue weighted by Gasteiger charge is 2.17. The van der Waals surface area contributed by atoms with Crippen molar-refractivity contribution in [1.82, 2.24) is 5.32 Å². The quantitative estimate of drug-likeness (QED) is 0.826. The molecule has 1 unspecified atom stereocenters. The first-order valence-electron chi connectivity index (χ1n) is 6.03. The van der Waals surface area contributed by atoms with Crippen molar-refractivity contribution < 1.29 is 4.42 Å². The number of rotatable bonds is 5. The lowest BCUT2D eigenvalue weighted by atomic mass is 10.0. The van der Waals surface area contributed by atoms with E-state index < -0.39 is 0 Å². The first kappa shape index (κ1) is 14.7. The number of hydrogen-bond acceptors (Lipinski definition) is 2. The van der Waals surface area contributed by atoms with E-state index in [-0.39, 0.29) is 6.04 Å². The van der Waals surface area contributed by atoms with E-state index in [1.54, 1.807) is 12.1 Å². The summed E-state index contributed by atoms with van der Waals surface area (Å²) in [6, 6.07) is 9.26.